The summed E-state index contributed by atoms with van der Waals surface area (Å²) in [5.41, 5.74) is 20.5. The van der Waals surface area contributed by atoms with E-state index in [-0.39, 0.29) is 10.8 Å². The summed E-state index contributed by atoms with van der Waals surface area (Å²) in [7, 11) is 0. The van der Waals surface area contributed by atoms with E-state index in [1.807, 2.05) is 6.07 Å². The van der Waals surface area contributed by atoms with Crippen LogP contribution in [0.3, 0.4) is 0 Å². The summed E-state index contributed by atoms with van der Waals surface area (Å²) >= 11 is 0. The van der Waals surface area contributed by atoms with Crippen LogP contribution in [0.15, 0.2) is 209 Å². The van der Waals surface area contributed by atoms with Crippen molar-refractivity contribution in [1.82, 2.24) is 0 Å². The van der Waals surface area contributed by atoms with Crippen LogP contribution in [-0.4, -0.2) is 0 Å². The third-order valence-corrected chi connectivity index (χ3v) is 16.9. The van der Waals surface area contributed by atoms with E-state index in [9.17, 15) is 0 Å². The molecule has 1 spiro atoms. The van der Waals surface area contributed by atoms with Gasteiger partial charge in [-0.3, -0.25) is 0 Å². The molecule has 1 fully saturated rings. The van der Waals surface area contributed by atoms with E-state index in [1.54, 1.807) is 0 Å². The van der Waals surface area contributed by atoms with Crippen molar-refractivity contribution in [2.24, 2.45) is 17.8 Å². The number of fused-ring (bicyclic) bond motifs is 16. The number of rotatable bonds is 5. The molecule has 6 aliphatic carbocycles. The normalized spacial score (nSPS) is 23.1. The lowest BCUT2D eigenvalue weighted by molar-refractivity contribution is 0.218. The molecule has 0 saturated heterocycles. The summed E-state index contributed by atoms with van der Waals surface area (Å²) < 4.78 is 13.2. The molecule has 0 amide bonds. The smallest absolute Gasteiger partial charge is 0.143 e. The number of anilines is 3. The average molecular weight is 876 g/mol. The molecule has 15 rings (SSSR count). The number of allylic oxidation sites excluding steroid dienone is 9. The highest BCUT2D eigenvalue weighted by atomic mass is 16.3. The molecule has 68 heavy (non-hydrogen) atoms. The number of nitrogens with zero attached hydrogens (tertiary/aromatic N) is 1. The van der Waals surface area contributed by atoms with Crippen LogP contribution in [0.5, 0.6) is 0 Å². The summed E-state index contributed by atoms with van der Waals surface area (Å²) in [5.74, 6) is 2.96. The minimum absolute atomic E-state index is 0.00395. The quantitative estimate of drug-likeness (QED) is 0.173. The van der Waals surface area contributed by atoms with Gasteiger partial charge in [-0.2, -0.15) is 0 Å². The van der Waals surface area contributed by atoms with E-state index in [0.29, 0.717) is 23.7 Å². The maximum Gasteiger partial charge on any atom is 0.143 e. The van der Waals surface area contributed by atoms with Crippen molar-refractivity contribution < 1.29 is 8.83 Å². The highest BCUT2D eigenvalue weighted by Gasteiger charge is 2.59. The average Bonchev–Trinajstić information content (AvgIpc) is 3.83. The molecule has 0 radical (unpaired) electrons. The molecule has 5 atom stereocenters. The number of benzene rings is 7. The highest BCUT2D eigenvalue weighted by molar-refractivity contribution is 6.09. The Balaban J connectivity index is 0.850. The van der Waals surface area contributed by atoms with Crippen LogP contribution < -0.4 is 4.90 Å². The molecule has 6 aliphatic rings. The summed E-state index contributed by atoms with van der Waals surface area (Å²) in [4.78, 5) is 2.37. The Kier molecular flexibility index (Phi) is 7.90. The fraction of sp³-hybridized carbons (Fsp3) is 0.169. The molecule has 326 valence electrons. The van der Waals surface area contributed by atoms with Gasteiger partial charge < -0.3 is 13.7 Å². The molecule has 0 aliphatic heterocycles. The van der Waals surface area contributed by atoms with Gasteiger partial charge in [0.2, 0.25) is 0 Å². The Bertz CT molecular complexity index is 3770. The Morgan fingerprint density at radius 2 is 1.28 bits per heavy atom. The van der Waals surface area contributed by atoms with Gasteiger partial charge in [0, 0.05) is 62.2 Å². The van der Waals surface area contributed by atoms with Gasteiger partial charge in [0.15, 0.2) is 0 Å². The van der Waals surface area contributed by atoms with E-state index in [1.165, 1.54) is 61.9 Å². The summed E-state index contributed by atoms with van der Waals surface area (Å²) in [6, 6.07) is 56.4. The summed E-state index contributed by atoms with van der Waals surface area (Å²) in [5, 5.41) is 3.46. The van der Waals surface area contributed by atoms with Crippen molar-refractivity contribution >= 4 is 61.6 Å². The zero-order valence-electron chi connectivity index (χ0n) is 38.2. The molecule has 4 unspecified atom stereocenters. The molecule has 1 saturated carbocycles. The van der Waals surface area contributed by atoms with Gasteiger partial charge in [0.1, 0.15) is 22.5 Å². The minimum atomic E-state index is -0.269. The van der Waals surface area contributed by atoms with Crippen molar-refractivity contribution in [3.8, 4) is 22.3 Å². The van der Waals surface area contributed by atoms with Gasteiger partial charge in [-0.1, -0.05) is 160 Å². The summed E-state index contributed by atoms with van der Waals surface area (Å²) in [6.07, 6.45) is 22.5. The molecule has 9 aromatic rings. The van der Waals surface area contributed by atoms with Crippen LogP contribution in [0.25, 0.3) is 66.8 Å². The Morgan fingerprint density at radius 1 is 0.544 bits per heavy atom. The highest BCUT2D eigenvalue weighted by Crippen LogP contribution is 2.66. The monoisotopic (exact) mass is 875 g/mol. The Labute approximate surface area is 396 Å². The van der Waals surface area contributed by atoms with E-state index in [0.717, 1.165) is 74.3 Å². The van der Waals surface area contributed by atoms with Crippen LogP contribution in [0, 0.1) is 17.8 Å². The summed E-state index contributed by atoms with van der Waals surface area (Å²) in [6.45, 7) is 4.92. The third-order valence-electron chi connectivity index (χ3n) is 16.9. The van der Waals surface area contributed by atoms with Crippen LogP contribution in [-0.2, 0) is 10.8 Å². The van der Waals surface area contributed by atoms with Crippen molar-refractivity contribution in [3.05, 3.63) is 233 Å². The van der Waals surface area contributed by atoms with Gasteiger partial charge in [-0.05, 0) is 135 Å². The maximum atomic E-state index is 6.71. The predicted molar refractivity (Wildman–Crippen MR) is 280 cm³/mol. The lowest BCUT2D eigenvalue weighted by Gasteiger charge is -2.55. The standard InChI is InChI=1S/C65H49NO2/c1-64(2)55-17-6-8-19-57(55)65(58-20-9-7-18-56(58)64)54-16-5-3-12-47(54)48-33-26-41(37-59(48)65)39-22-28-43(29-23-39)66(45-32-35-50-52-34-27-42-36-53(42)63(52)68-61(50)38-45)44-30-24-40(25-31-44)46-14-11-15-51-49-13-4-10-21-60(49)67-62(46)51/h4-11,13-35,37-38,42,53,55,57H,3,12,36H2,1-2H3/t42?,53?,55-,57?,65?/m1/s1. The van der Waals surface area contributed by atoms with Crippen molar-refractivity contribution in [2.75, 3.05) is 4.90 Å². The van der Waals surface area contributed by atoms with Gasteiger partial charge in [0.25, 0.3) is 0 Å². The SMILES string of the molecule is CC1(C)c2ccccc2C2(C3=C(CCC=C3)c3ccc(-c4ccc(N(c5ccc(-c6cccc7c6oc6ccccc67)cc5)c5ccc6c7c(oc6c5)C5CC5C=C7)cc4)cc32)C2C=CC=C[C@H]21. The maximum absolute atomic E-state index is 6.71. The molecular weight excluding hydrogens is 827 g/mol. The van der Waals surface area contributed by atoms with Crippen molar-refractivity contribution in [1.29, 1.82) is 0 Å². The van der Waals surface area contributed by atoms with E-state index in [4.69, 9.17) is 8.83 Å². The largest absolute Gasteiger partial charge is 0.460 e. The molecule has 3 heteroatoms. The van der Waals surface area contributed by atoms with E-state index in [2.05, 4.69) is 213 Å². The predicted octanol–water partition coefficient (Wildman–Crippen LogP) is 17.3. The van der Waals surface area contributed by atoms with Crippen LogP contribution in [0.1, 0.15) is 72.6 Å². The first-order valence-corrected chi connectivity index (χ1v) is 24.6. The number of furan rings is 2. The molecule has 2 aromatic heterocycles. The topological polar surface area (TPSA) is 29.5 Å². The van der Waals surface area contributed by atoms with Gasteiger partial charge in [0.05, 0.1) is 5.41 Å². The molecule has 0 bridgehead atoms. The van der Waals surface area contributed by atoms with E-state index >= 15 is 0 Å². The fourth-order valence-electron chi connectivity index (χ4n) is 13.6. The van der Waals surface area contributed by atoms with E-state index < -0.39 is 0 Å². The lowest BCUT2D eigenvalue weighted by atomic mass is 9.47. The molecule has 0 N–H and O–H groups in total. The Hall–Kier alpha value is -7.62. The molecule has 3 nitrogen and oxygen atoms in total. The fourth-order valence-corrected chi connectivity index (χ4v) is 13.6. The first-order valence-electron chi connectivity index (χ1n) is 24.6. The minimum Gasteiger partial charge on any atom is -0.460 e. The second-order valence-corrected chi connectivity index (χ2v) is 20.6. The second-order valence-electron chi connectivity index (χ2n) is 20.6. The van der Waals surface area contributed by atoms with Gasteiger partial charge in [-0.15, -0.1) is 0 Å². The number of para-hydroxylation sites is 2. The molecule has 7 aromatic carbocycles. The zero-order valence-corrected chi connectivity index (χ0v) is 38.2. The van der Waals surface area contributed by atoms with Crippen molar-refractivity contribution in [3.63, 3.8) is 0 Å². The molecular formula is C65H49NO2. The van der Waals surface area contributed by atoms with Crippen LogP contribution >= 0.6 is 0 Å². The van der Waals surface area contributed by atoms with Crippen LogP contribution in [0.2, 0.25) is 0 Å². The first kappa shape index (κ1) is 38.5. The lowest BCUT2D eigenvalue weighted by Crippen LogP contribution is -2.51. The van der Waals surface area contributed by atoms with Gasteiger partial charge in [-0.25, -0.2) is 0 Å². The Morgan fingerprint density at radius 3 is 2.13 bits per heavy atom. The number of hydrogen-bond donors (Lipinski definition) is 0. The van der Waals surface area contributed by atoms with Crippen molar-refractivity contribution in [2.45, 2.75) is 49.9 Å². The second kappa shape index (κ2) is 14.0. The van der Waals surface area contributed by atoms with Crippen LogP contribution in [0.4, 0.5) is 17.1 Å². The number of hydrogen-bond acceptors (Lipinski definition) is 3. The molecule has 2 heterocycles. The van der Waals surface area contributed by atoms with Gasteiger partial charge >= 0.3 is 0 Å². The first-order chi connectivity index (χ1) is 33.4. The third kappa shape index (κ3) is 5.25. The zero-order chi connectivity index (χ0) is 44.9.